The molecule has 1 aromatic carbocycles. The summed E-state index contributed by atoms with van der Waals surface area (Å²) in [6.45, 7) is 3.61. The minimum atomic E-state index is -4.09. The van der Waals surface area contributed by atoms with Crippen LogP contribution < -0.4 is 11.5 Å². The molecule has 7 nitrogen and oxygen atoms in total. The summed E-state index contributed by atoms with van der Waals surface area (Å²) in [5.41, 5.74) is 12.4. The van der Waals surface area contributed by atoms with E-state index in [2.05, 4.69) is 4.99 Å². The summed E-state index contributed by atoms with van der Waals surface area (Å²) >= 11 is 0. The Bertz CT molecular complexity index is 751. The van der Waals surface area contributed by atoms with Crippen LogP contribution in [0.15, 0.2) is 46.1 Å². The summed E-state index contributed by atoms with van der Waals surface area (Å²) < 4.78 is 24.5. The molecule has 118 valence electrons. The van der Waals surface area contributed by atoms with Gasteiger partial charge in [-0.15, -0.1) is 0 Å². The first-order valence-corrected chi connectivity index (χ1v) is 8.16. The zero-order valence-corrected chi connectivity index (χ0v) is 13.2. The van der Waals surface area contributed by atoms with Crippen molar-refractivity contribution in [1.29, 1.82) is 0 Å². The van der Waals surface area contributed by atoms with Crippen LogP contribution in [0, 0.1) is 6.92 Å². The number of carbonyl (C=O) groups is 1. The van der Waals surface area contributed by atoms with Gasteiger partial charge in [0.1, 0.15) is 16.8 Å². The highest BCUT2D eigenvalue weighted by molar-refractivity contribution is 7.86. The van der Waals surface area contributed by atoms with Crippen LogP contribution in [-0.4, -0.2) is 30.7 Å². The minimum Gasteiger partial charge on any atom is -0.328 e. The van der Waals surface area contributed by atoms with E-state index in [1.54, 1.807) is 19.1 Å². The van der Waals surface area contributed by atoms with Crippen LogP contribution in [0.5, 0.6) is 0 Å². The van der Waals surface area contributed by atoms with Crippen LogP contribution in [0.3, 0.4) is 0 Å². The maximum absolute atomic E-state index is 12.8. The Morgan fingerprint density at radius 1 is 1.32 bits per heavy atom. The average molecular weight is 323 g/mol. The van der Waals surface area contributed by atoms with Crippen LogP contribution in [0.2, 0.25) is 0 Å². The number of aliphatic imine (C=N–C) groups is 1. The Hall–Kier alpha value is -2.03. The molecule has 2 rings (SSSR count). The largest absolute Gasteiger partial charge is 0.440 e. The third kappa shape index (κ3) is 2.68. The number of hydrogen-bond donors (Lipinski definition) is 2. The van der Waals surface area contributed by atoms with E-state index < -0.39 is 19.9 Å². The Balaban J connectivity index is 2.54. The van der Waals surface area contributed by atoms with Crippen LogP contribution in [0.1, 0.15) is 18.9 Å². The molecule has 0 spiro atoms. The first-order valence-electron chi connectivity index (χ1n) is 6.72. The van der Waals surface area contributed by atoms with Crippen molar-refractivity contribution in [2.75, 3.05) is 0 Å². The van der Waals surface area contributed by atoms with Gasteiger partial charge in [-0.3, -0.25) is 0 Å². The van der Waals surface area contributed by atoms with Gasteiger partial charge in [0.05, 0.1) is 0 Å². The fourth-order valence-corrected chi connectivity index (χ4v) is 3.64. The van der Waals surface area contributed by atoms with Gasteiger partial charge in [-0.05, 0) is 26.0 Å². The van der Waals surface area contributed by atoms with Crippen molar-refractivity contribution >= 4 is 22.4 Å². The number of hydrogen-bond acceptors (Lipinski definition) is 5. The van der Waals surface area contributed by atoms with Crippen molar-refractivity contribution in [2.45, 2.75) is 31.2 Å². The smallest absolute Gasteiger partial charge is 0.328 e. The molecular formula is C14H19N4O3S+. The lowest BCUT2D eigenvalue weighted by Gasteiger charge is -2.21. The Morgan fingerprint density at radius 2 is 1.91 bits per heavy atom. The molecule has 0 aromatic heterocycles. The number of rotatable bonds is 4. The van der Waals surface area contributed by atoms with E-state index in [-0.39, 0.29) is 10.9 Å². The monoisotopic (exact) mass is 323 g/mol. The van der Waals surface area contributed by atoms with Crippen molar-refractivity contribution in [3.05, 3.63) is 41.7 Å². The highest BCUT2D eigenvalue weighted by Crippen LogP contribution is 2.29. The SMILES string of the molecule is Cc1ccc(S(=O)(=O)[N+]2(C(N)=O)C=NC(C[C@@H](C)N)=C2)cc1. The van der Waals surface area contributed by atoms with E-state index in [1.165, 1.54) is 18.3 Å². The van der Waals surface area contributed by atoms with Crippen LogP contribution in [0.4, 0.5) is 4.79 Å². The molecule has 1 aliphatic rings. The molecule has 1 unspecified atom stereocenters. The van der Waals surface area contributed by atoms with Gasteiger partial charge in [-0.25, -0.2) is 9.79 Å². The van der Waals surface area contributed by atoms with E-state index in [1.807, 2.05) is 6.92 Å². The molecule has 1 aliphatic heterocycles. The van der Waals surface area contributed by atoms with Gasteiger partial charge in [0.15, 0.2) is 0 Å². The van der Waals surface area contributed by atoms with E-state index in [9.17, 15) is 13.2 Å². The lowest BCUT2D eigenvalue weighted by Crippen LogP contribution is -2.53. The molecule has 0 saturated heterocycles. The van der Waals surface area contributed by atoms with E-state index in [4.69, 9.17) is 11.5 Å². The highest BCUT2D eigenvalue weighted by Gasteiger charge is 2.50. The molecule has 8 heteroatoms. The summed E-state index contributed by atoms with van der Waals surface area (Å²) in [6.07, 6.45) is 2.63. The number of urea groups is 1. The Labute approximate surface area is 129 Å². The fraction of sp³-hybridized carbons (Fsp3) is 0.286. The molecule has 0 aliphatic carbocycles. The van der Waals surface area contributed by atoms with E-state index in [0.29, 0.717) is 12.1 Å². The predicted octanol–water partition coefficient (Wildman–Crippen LogP) is 1.20. The zero-order valence-electron chi connectivity index (χ0n) is 12.4. The number of benzene rings is 1. The van der Waals surface area contributed by atoms with Crippen molar-refractivity contribution in [2.24, 2.45) is 16.5 Å². The quantitative estimate of drug-likeness (QED) is 0.810. The first-order chi connectivity index (χ1) is 10.2. The van der Waals surface area contributed by atoms with Crippen molar-refractivity contribution in [3.8, 4) is 0 Å². The topological polar surface area (TPSA) is 116 Å². The molecule has 2 atom stereocenters. The molecular weight excluding hydrogens is 304 g/mol. The number of quaternary nitrogens is 1. The molecule has 1 aromatic rings. The number of nitrogens with zero attached hydrogens (tertiary/aromatic N) is 2. The Morgan fingerprint density at radius 3 is 2.41 bits per heavy atom. The van der Waals surface area contributed by atoms with Gasteiger partial charge in [-0.2, -0.15) is 8.42 Å². The molecule has 22 heavy (non-hydrogen) atoms. The first kappa shape index (κ1) is 16.3. The second-order valence-corrected chi connectivity index (χ2v) is 7.41. The summed E-state index contributed by atoms with van der Waals surface area (Å²) in [7, 11) is -4.09. The van der Waals surface area contributed by atoms with Crippen LogP contribution >= 0.6 is 0 Å². The number of amides is 2. The summed E-state index contributed by atoms with van der Waals surface area (Å²) in [4.78, 5) is 15.9. The molecule has 0 radical (unpaired) electrons. The van der Waals surface area contributed by atoms with Gasteiger partial charge >= 0.3 is 16.1 Å². The number of carbonyl (C=O) groups excluding carboxylic acids is 1. The maximum atomic E-state index is 12.8. The molecule has 1 heterocycles. The second-order valence-electron chi connectivity index (χ2n) is 5.38. The normalized spacial score (nSPS) is 22.4. The van der Waals surface area contributed by atoms with Crippen molar-refractivity contribution in [3.63, 3.8) is 0 Å². The van der Waals surface area contributed by atoms with Crippen LogP contribution in [0.25, 0.3) is 0 Å². The van der Waals surface area contributed by atoms with Gasteiger partial charge in [-0.1, -0.05) is 21.6 Å². The highest BCUT2D eigenvalue weighted by atomic mass is 32.2. The predicted molar refractivity (Wildman–Crippen MR) is 83.1 cm³/mol. The second kappa shape index (κ2) is 5.64. The Kier molecular flexibility index (Phi) is 4.19. The molecule has 4 N–H and O–H groups in total. The van der Waals surface area contributed by atoms with Crippen LogP contribution in [-0.2, 0) is 10.0 Å². The minimum absolute atomic E-state index is 0.00152. The lowest BCUT2D eigenvalue weighted by molar-refractivity contribution is -0.539. The maximum Gasteiger partial charge on any atom is 0.440 e. The van der Waals surface area contributed by atoms with E-state index >= 15 is 0 Å². The van der Waals surface area contributed by atoms with Crippen molar-refractivity contribution in [1.82, 2.24) is 0 Å². The molecule has 2 amide bonds. The number of primary amides is 1. The van der Waals surface area contributed by atoms with E-state index in [0.717, 1.165) is 11.9 Å². The summed E-state index contributed by atoms with van der Waals surface area (Å²) in [6, 6.07) is 4.95. The van der Waals surface area contributed by atoms with Gasteiger partial charge in [0, 0.05) is 12.5 Å². The zero-order chi connectivity index (χ0) is 16.5. The summed E-state index contributed by atoms with van der Waals surface area (Å²) in [5, 5.41) is 0. The van der Waals surface area contributed by atoms with Gasteiger partial charge in [0.2, 0.25) is 6.34 Å². The van der Waals surface area contributed by atoms with Crippen molar-refractivity contribution < 1.29 is 17.1 Å². The molecule has 0 bridgehead atoms. The van der Waals surface area contributed by atoms with Gasteiger partial charge < -0.3 is 11.5 Å². The standard InChI is InChI=1S/C14H18N4O3S/c1-10-3-5-13(6-4-10)22(20,21)18(14(16)19)8-12(17-9-18)7-11(2)15/h3-6,8-9,11H,7,15H2,1-2H3,(H-,16,19)/p+1/t11-,18?/m1/s1. The average Bonchev–Trinajstić information content (AvgIpc) is 2.84. The number of aryl methyl sites for hydroxylation is 1. The molecule has 0 saturated carbocycles. The number of sulfonamides is 1. The fourth-order valence-electron chi connectivity index (χ4n) is 2.14. The third-order valence-corrected chi connectivity index (χ3v) is 5.37. The van der Waals surface area contributed by atoms with Gasteiger partial charge in [0.25, 0.3) is 0 Å². The summed E-state index contributed by atoms with van der Waals surface area (Å²) in [5.74, 6) is 0. The third-order valence-electron chi connectivity index (χ3n) is 3.33. The number of nitrogens with two attached hydrogens (primary N) is 2. The lowest BCUT2D eigenvalue weighted by atomic mass is 10.2. The molecule has 0 fully saturated rings.